The highest BCUT2D eigenvalue weighted by atomic mass is 14.9. The van der Waals surface area contributed by atoms with Gasteiger partial charge >= 0.3 is 0 Å². The molecule has 0 radical (unpaired) electrons. The van der Waals surface area contributed by atoms with E-state index >= 15 is 0 Å². The molecule has 2 aromatic rings. The van der Waals surface area contributed by atoms with Crippen LogP contribution >= 0.6 is 0 Å². The van der Waals surface area contributed by atoms with Crippen molar-refractivity contribution in [2.45, 2.75) is 96.9 Å². The van der Waals surface area contributed by atoms with Gasteiger partial charge in [0.05, 0.1) is 0 Å². The normalized spacial score (nSPS) is 9.50. The van der Waals surface area contributed by atoms with E-state index < -0.39 is 0 Å². The second-order valence-corrected chi connectivity index (χ2v) is 5.49. The van der Waals surface area contributed by atoms with Crippen LogP contribution in [0.5, 0.6) is 0 Å². The molecule has 1 heteroatoms. The van der Waals surface area contributed by atoms with Crippen molar-refractivity contribution in [1.82, 2.24) is 4.57 Å². The maximum absolute atomic E-state index is 2.20. The van der Waals surface area contributed by atoms with Crippen LogP contribution < -0.4 is 0 Å². The summed E-state index contributed by atoms with van der Waals surface area (Å²) in [5.74, 6) is 0. The molecule has 0 N–H and O–H groups in total. The fourth-order valence-corrected chi connectivity index (χ4v) is 1.80. The Bertz CT molecular complexity index is 569. The summed E-state index contributed by atoms with van der Waals surface area (Å²) >= 11 is 0. The minimum absolute atomic E-state index is 0. The molecule has 1 heterocycles. The van der Waals surface area contributed by atoms with Crippen molar-refractivity contribution in [2.24, 2.45) is 7.05 Å². The van der Waals surface area contributed by atoms with Crippen LogP contribution in [0.4, 0.5) is 0 Å². The Morgan fingerprint density at radius 2 is 1.13 bits per heavy atom. The summed E-state index contributed by atoms with van der Waals surface area (Å²) in [6.07, 6.45) is 7.58. The molecule has 1 aromatic carbocycles. The van der Waals surface area contributed by atoms with Crippen molar-refractivity contribution < 1.29 is 0 Å². The quantitative estimate of drug-likeness (QED) is 0.401. The van der Waals surface area contributed by atoms with Crippen LogP contribution in [0.3, 0.4) is 0 Å². The van der Waals surface area contributed by atoms with Crippen LogP contribution in [0.1, 0.15) is 94.3 Å². The summed E-state index contributed by atoms with van der Waals surface area (Å²) in [5, 5.41) is 0. The van der Waals surface area contributed by atoms with Crippen molar-refractivity contribution >= 4 is 0 Å². The number of allylic oxidation sites excluding steroid dienone is 4. The number of benzene rings is 1. The zero-order valence-electron chi connectivity index (χ0n) is 21.9. The minimum Gasteiger partial charge on any atom is -0.355 e. The third kappa shape index (κ3) is 24.0. The van der Waals surface area contributed by atoms with Crippen molar-refractivity contribution in [2.75, 3.05) is 0 Å². The summed E-state index contributed by atoms with van der Waals surface area (Å²) in [6.45, 7) is 24.5. The molecule has 0 spiro atoms. The lowest BCUT2D eigenvalue weighted by Gasteiger charge is -1.89. The van der Waals surface area contributed by atoms with Gasteiger partial charge in [0.2, 0.25) is 0 Å². The molecule has 176 valence electrons. The summed E-state index contributed by atoms with van der Waals surface area (Å²) in [6, 6.07) is 14.4. The van der Waals surface area contributed by atoms with Crippen LogP contribution in [0, 0.1) is 13.8 Å². The van der Waals surface area contributed by atoms with E-state index in [4.69, 9.17) is 0 Å². The predicted molar refractivity (Wildman–Crippen MR) is 146 cm³/mol. The van der Waals surface area contributed by atoms with Crippen molar-refractivity contribution in [1.29, 1.82) is 0 Å². The van der Waals surface area contributed by atoms with E-state index in [-0.39, 0.29) is 7.43 Å². The van der Waals surface area contributed by atoms with Gasteiger partial charge in [0.25, 0.3) is 0 Å². The van der Waals surface area contributed by atoms with Gasteiger partial charge in [0.1, 0.15) is 0 Å². The molecule has 0 aliphatic heterocycles. The Morgan fingerprint density at radius 1 is 0.667 bits per heavy atom. The van der Waals surface area contributed by atoms with Crippen molar-refractivity contribution in [3.05, 3.63) is 83.2 Å². The molecule has 30 heavy (non-hydrogen) atoms. The number of nitrogens with zero attached hydrogens (tertiary/aromatic N) is 1. The number of hydrogen-bond acceptors (Lipinski definition) is 0. The van der Waals surface area contributed by atoms with Crippen LogP contribution in [-0.2, 0) is 7.05 Å². The smallest absolute Gasteiger partial charge is 0.0140 e. The van der Waals surface area contributed by atoms with Crippen LogP contribution in [0.2, 0.25) is 0 Å². The summed E-state index contributed by atoms with van der Waals surface area (Å²) in [5.41, 5.74) is 5.59. The number of aryl methyl sites for hydroxylation is 3. The summed E-state index contributed by atoms with van der Waals surface area (Å²) < 4.78 is 2.08. The Balaban J connectivity index is -0.0000000880. The SMILES string of the molecule is C.CC.CC.CC.CC.CC1=C(C)CC=C1.Cc1ccccc1.Cc1cccn1C. The first-order chi connectivity index (χ1) is 14.0. The Morgan fingerprint density at radius 3 is 1.27 bits per heavy atom. The Labute approximate surface area is 191 Å². The zero-order chi connectivity index (χ0) is 23.7. The highest BCUT2D eigenvalue weighted by molar-refractivity contribution is 5.30. The first-order valence-corrected chi connectivity index (χ1v) is 11.4. The van der Waals surface area contributed by atoms with E-state index in [9.17, 15) is 0 Å². The van der Waals surface area contributed by atoms with Gasteiger partial charge in [0, 0.05) is 18.9 Å². The summed E-state index contributed by atoms with van der Waals surface area (Å²) in [4.78, 5) is 0. The van der Waals surface area contributed by atoms with Gasteiger partial charge in [-0.2, -0.15) is 0 Å². The van der Waals surface area contributed by atoms with Gasteiger partial charge in [-0.15, -0.1) is 0 Å². The highest BCUT2D eigenvalue weighted by Crippen LogP contribution is 2.16. The third-order valence-corrected chi connectivity index (χ3v) is 3.61. The maximum atomic E-state index is 2.20. The Hall–Kier alpha value is -2.02. The molecule has 0 fully saturated rings. The summed E-state index contributed by atoms with van der Waals surface area (Å²) in [7, 11) is 2.04. The van der Waals surface area contributed by atoms with Gasteiger partial charge in [0.15, 0.2) is 0 Å². The fourth-order valence-electron chi connectivity index (χ4n) is 1.80. The predicted octanol–water partition coefficient (Wildman–Crippen LogP) is 10.4. The van der Waals surface area contributed by atoms with E-state index in [1.807, 2.05) is 92.9 Å². The van der Waals surface area contributed by atoms with E-state index in [0.717, 1.165) is 0 Å². The molecular weight excluding hydrogens is 362 g/mol. The molecule has 0 saturated carbocycles. The van der Waals surface area contributed by atoms with Crippen LogP contribution in [0.25, 0.3) is 0 Å². The fraction of sp³-hybridized carbons (Fsp3) is 0.517. The van der Waals surface area contributed by atoms with Crippen molar-refractivity contribution in [3.63, 3.8) is 0 Å². The maximum Gasteiger partial charge on any atom is 0.0140 e. The van der Waals surface area contributed by atoms with Gasteiger partial charge in [-0.05, 0) is 46.2 Å². The second-order valence-electron chi connectivity index (χ2n) is 5.49. The number of rotatable bonds is 0. The molecule has 0 atom stereocenters. The molecule has 1 nitrogen and oxygen atoms in total. The highest BCUT2D eigenvalue weighted by Gasteiger charge is 1.95. The Kier molecular flexibility index (Phi) is 40.7. The molecule has 0 amide bonds. The van der Waals surface area contributed by atoms with E-state index in [1.54, 1.807) is 0 Å². The molecule has 0 bridgehead atoms. The van der Waals surface area contributed by atoms with E-state index in [2.05, 4.69) is 62.6 Å². The molecule has 0 saturated heterocycles. The van der Waals surface area contributed by atoms with Crippen molar-refractivity contribution in [3.8, 4) is 0 Å². The number of hydrogen-bond donors (Lipinski definition) is 0. The first-order valence-electron chi connectivity index (χ1n) is 11.4. The van der Waals surface area contributed by atoms with Gasteiger partial charge in [-0.3, -0.25) is 0 Å². The average Bonchev–Trinajstić information content (AvgIpc) is 3.36. The van der Waals surface area contributed by atoms with E-state index in [0.29, 0.717) is 0 Å². The number of aromatic nitrogens is 1. The van der Waals surface area contributed by atoms with Gasteiger partial charge < -0.3 is 4.57 Å². The lowest BCUT2D eigenvalue weighted by Crippen LogP contribution is -1.84. The molecule has 0 unspecified atom stereocenters. The van der Waals surface area contributed by atoms with Crippen LogP contribution in [-0.4, -0.2) is 4.57 Å². The zero-order valence-corrected chi connectivity index (χ0v) is 21.9. The van der Waals surface area contributed by atoms with Crippen LogP contribution in [0.15, 0.2) is 72.0 Å². The lowest BCUT2D eigenvalue weighted by atomic mass is 10.2. The van der Waals surface area contributed by atoms with Gasteiger partial charge in [-0.25, -0.2) is 0 Å². The monoisotopic (exact) mass is 417 g/mol. The standard InChI is InChI=1S/C7H10.C7H8.C6H9N.4C2H6.CH4/c1-6-4-3-5-7(6)2;1-7-5-3-2-4-6-7;1-6-4-3-5-7(6)2;4*1-2;/h3-4H,5H2,1-2H3;2-6H,1H3;3-5H,1-2H3;4*1-2H3;1H4. The third-order valence-electron chi connectivity index (χ3n) is 3.61. The minimum atomic E-state index is 0. The molecule has 1 aromatic heterocycles. The topological polar surface area (TPSA) is 4.93 Å². The second kappa shape index (κ2) is 31.7. The average molecular weight is 418 g/mol. The van der Waals surface area contributed by atoms with Gasteiger partial charge in [-0.1, -0.05) is 122 Å². The molecule has 1 aliphatic rings. The largest absolute Gasteiger partial charge is 0.355 e. The molecule has 1 aliphatic carbocycles. The molecular formula is C29H55N. The first kappa shape index (κ1) is 38.6. The lowest BCUT2D eigenvalue weighted by molar-refractivity contribution is 0.882. The van der Waals surface area contributed by atoms with E-state index in [1.165, 1.54) is 28.8 Å². The molecule has 3 rings (SSSR count).